The van der Waals surface area contributed by atoms with Crippen molar-refractivity contribution in [2.24, 2.45) is 0 Å². The van der Waals surface area contributed by atoms with Gasteiger partial charge in [0.2, 0.25) is 33.8 Å². The highest BCUT2D eigenvalue weighted by Gasteiger charge is 2.30. The summed E-state index contributed by atoms with van der Waals surface area (Å²) < 4.78 is 9.48. The predicted molar refractivity (Wildman–Crippen MR) is 31.7 cm³/mol. The first kappa shape index (κ1) is 4.27. The lowest BCUT2D eigenvalue weighted by molar-refractivity contribution is 0.473. The molecular weight excluding hydrogens is 136 g/mol. The lowest BCUT2D eigenvalue weighted by atomic mass is 10.3. The number of phenolic OH excluding ortho intramolecular Hbond substituents is 2. The van der Waals surface area contributed by atoms with Crippen molar-refractivity contribution in [3.8, 4) is 11.5 Å². The molecule has 0 atom stereocenters. The molecule has 0 spiro atoms. The van der Waals surface area contributed by atoms with E-state index < -0.39 is 0 Å². The van der Waals surface area contributed by atoms with Gasteiger partial charge in [0.05, 0.1) is 0 Å². The van der Waals surface area contributed by atoms with E-state index in [2.05, 4.69) is 0 Å². The van der Waals surface area contributed by atoms with Gasteiger partial charge in [-0.05, 0) is 0 Å². The Hall–Kier alpha value is -1.58. The van der Waals surface area contributed by atoms with Crippen LogP contribution in [-0.2, 0) is 0 Å². The minimum atomic E-state index is 0.00259. The van der Waals surface area contributed by atoms with Crippen molar-refractivity contribution in [2.75, 3.05) is 0 Å². The van der Waals surface area contributed by atoms with Gasteiger partial charge in [-0.2, -0.15) is 0 Å². The maximum absolute atomic E-state index is 9.07. The normalized spacial score (nSPS) is 12.8. The Balaban J connectivity index is 2.65. The number of aromatic hydroxyl groups is 2. The van der Waals surface area contributed by atoms with E-state index in [9.17, 15) is 0 Å². The van der Waals surface area contributed by atoms with Crippen LogP contribution < -0.4 is 0 Å². The summed E-state index contributed by atoms with van der Waals surface area (Å²) >= 11 is 0. The van der Waals surface area contributed by atoms with Crippen molar-refractivity contribution in [3.63, 3.8) is 0 Å². The third-order valence-corrected chi connectivity index (χ3v) is 1.60. The zero-order chi connectivity index (χ0) is 6.88. The quantitative estimate of drug-likeness (QED) is 0.461. The molecule has 10 heavy (non-hydrogen) atoms. The van der Waals surface area contributed by atoms with Crippen LogP contribution in [0.2, 0.25) is 0 Å². The Morgan fingerprint density at radius 3 is 1.30 bits per heavy atom. The predicted octanol–water partition coefficient (Wildman–Crippen LogP) is 1.47. The topological polar surface area (TPSA) is 66.7 Å². The molecule has 2 aromatic heterocycles. The van der Waals surface area contributed by atoms with Crippen LogP contribution in [-0.4, -0.2) is 10.2 Å². The standard InChI is InChI=1S/C6H2O4/c7-1-3-5(9-3)2(8)6-4(1)10-6/h7-8H. The molecular formula is C6H2O4. The summed E-state index contributed by atoms with van der Waals surface area (Å²) in [5, 5.41) is 18.1. The van der Waals surface area contributed by atoms with Crippen molar-refractivity contribution in [3.05, 3.63) is 0 Å². The zero-order valence-corrected chi connectivity index (χ0v) is 4.71. The number of hydrogen-bond acceptors (Lipinski definition) is 4. The first-order chi connectivity index (χ1) is 4.79. The molecule has 0 unspecified atom stereocenters. The van der Waals surface area contributed by atoms with Crippen LogP contribution in [0.5, 0.6) is 11.5 Å². The van der Waals surface area contributed by atoms with E-state index in [1.807, 2.05) is 0 Å². The molecule has 4 heteroatoms. The second-order valence-corrected chi connectivity index (χ2v) is 2.22. The Labute approximate surface area is 53.9 Å². The number of phenols is 2. The summed E-state index contributed by atoms with van der Waals surface area (Å²) in [7, 11) is 0. The monoisotopic (exact) mass is 138 g/mol. The number of rotatable bonds is 0. The first-order valence-electron chi connectivity index (χ1n) is 2.76. The van der Waals surface area contributed by atoms with Crippen LogP contribution >= 0.6 is 0 Å². The SMILES string of the molecule is Oc1c2oc2c(O)c2oc12. The summed E-state index contributed by atoms with van der Waals surface area (Å²) in [6.07, 6.45) is 0. The minimum Gasteiger partial charge on any atom is -0.501 e. The molecule has 3 rings (SSSR count). The van der Waals surface area contributed by atoms with Gasteiger partial charge < -0.3 is 19.0 Å². The van der Waals surface area contributed by atoms with E-state index in [1.165, 1.54) is 0 Å². The van der Waals surface area contributed by atoms with Crippen LogP contribution in [0.4, 0.5) is 0 Å². The highest BCUT2D eigenvalue weighted by atomic mass is 16.4. The van der Waals surface area contributed by atoms with Crippen molar-refractivity contribution in [1.29, 1.82) is 0 Å². The second-order valence-electron chi connectivity index (χ2n) is 2.22. The average Bonchev–Trinajstić information content (AvgIpc) is 2.77. The van der Waals surface area contributed by atoms with Gasteiger partial charge in [0, 0.05) is 0 Å². The van der Waals surface area contributed by atoms with Gasteiger partial charge in [0.15, 0.2) is 0 Å². The van der Waals surface area contributed by atoms with Crippen LogP contribution in [0.15, 0.2) is 8.83 Å². The third kappa shape index (κ3) is 0.270. The molecule has 0 amide bonds. The van der Waals surface area contributed by atoms with Crippen molar-refractivity contribution in [2.45, 2.75) is 0 Å². The summed E-state index contributed by atoms with van der Waals surface area (Å²) in [4.78, 5) is 0. The van der Waals surface area contributed by atoms with E-state index in [4.69, 9.17) is 19.0 Å². The molecule has 0 saturated carbocycles. The fraction of sp³-hybridized carbons (Fsp3) is 0. The van der Waals surface area contributed by atoms with Crippen LogP contribution in [0.1, 0.15) is 0 Å². The molecule has 0 saturated heterocycles. The zero-order valence-electron chi connectivity index (χ0n) is 4.71. The highest BCUT2D eigenvalue weighted by Crippen LogP contribution is 2.51. The van der Waals surface area contributed by atoms with Gasteiger partial charge in [-0.25, -0.2) is 0 Å². The van der Waals surface area contributed by atoms with Gasteiger partial charge in [-0.1, -0.05) is 0 Å². The van der Waals surface area contributed by atoms with E-state index in [0.717, 1.165) is 0 Å². The minimum absolute atomic E-state index is 0.00259. The maximum Gasteiger partial charge on any atom is 0.220 e. The fourth-order valence-electron chi connectivity index (χ4n) is 0.983. The number of fused-ring (bicyclic) bond motifs is 2. The second kappa shape index (κ2) is 0.901. The van der Waals surface area contributed by atoms with Crippen LogP contribution in [0.3, 0.4) is 0 Å². The molecule has 0 radical (unpaired) electrons. The van der Waals surface area contributed by atoms with E-state index in [1.54, 1.807) is 0 Å². The molecule has 50 valence electrons. The largest absolute Gasteiger partial charge is 0.501 e. The van der Waals surface area contributed by atoms with Gasteiger partial charge in [0.25, 0.3) is 0 Å². The highest BCUT2D eigenvalue weighted by molar-refractivity contribution is 6.09. The summed E-state index contributed by atoms with van der Waals surface area (Å²) in [5.74, 6) is 0.00519. The van der Waals surface area contributed by atoms with Gasteiger partial charge in [-0.15, -0.1) is 0 Å². The van der Waals surface area contributed by atoms with Crippen molar-refractivity contribution < 1.29 is 19.0 Å². The molecule has 1 aromatic carbocycles. The molecule has 2 N–H and O–H groups in total. The Morgan fingerprint density at radius 2 is 1.00 bits per heavy atom. The number of benzene rings is 1. The molecule has 0 aliphatic carbocycles. The number of hydrogen-bond donors (Lipinski definition) is 2. The van der Waals surface area contributed by atoms with E-state index in [-0.39, 0.29) is 11.5 Å². The van der Waals surface area contributed by atoms with Gasteiger partial charge in [0.1, 0.15) is 0 Å². The molecule has 0 aliphatic rings. The Kier molecular flexibility index (Phi) is 0.385. The smallest absolute Gasteiger partial charge is 0.220 e. The molecule has 4 nitrogen and oxygen atoms in total. The van der Waals surface area contributed by atoms with Crippen LogP contribution in [0.25, 0.3) is 22.3 Å². The fourth-order valence-corrected chi connectivity index (χ4v) is 0.983. The third-order valence-electron chi connectivity index (χ3n) is 1.60. The molecule has 0 bridgehead atoms. The summed E-state index contributed by atoms with van der Waals surface area (Å²) in [6, 6.07) is 0. The first-order valence-corrected chi connectivity index (χ1v) is 2.76. The summed E-state index contributed by atoms with van der Waals surface area (Å²) in [5.41, 5.74) is 1.37. The van der Waals surface area contributed by atoms with Crippen molar-refractivity contribution in [1.82, 2.24) is 0 Å². The average molecular weight is 138 g/mol. The van der Waals surface area contributed by atoms with Crippen LogP contribution in [0, 0.1) is 0 Å². The maximum atomic E-state index is 9.07. The van der Waals surface area contributed by atoms with Crippen molar-refractivity contribution >= 4 is 22.3 Å². The molecule has 0 aliphatic heterocycles. The molecule has 0 fully saturated rings. The van der Waals surface area contributed by atoms with Gasteiger partial charge >= 0.3 is 0 Å². The Morgan fingerprint density at radius 1 is 0.700 bits per heavy atom. The van der Waals surface area contributed by atoms with E-state index >= 15 is 0 Å². The molecule has 3 aromatic rings. The lowest BCUT2D eigenvalue weighted by Gasteiger charge is -1.75. The lowest BCUT2D eigenvalue weighted by Crippen LogP contribution is -1.55. The van der Waals surface area contributed by atoms with E-state index in [0.29, 0.717) is 22.3 Å². The molecule has 2 heterocycles. The summed E-state index contributed by atoms with van der Waals surface area (Å²) in [6.45, 7) is 0. The Bertz CT molecular complexity index is 392. The van der Waals surface area contributed by atoms with Gasteiger partial charge in [-0.3, -0.25) is 0 Å².